The van der Waals surface area contributed by atoms with Gasteiger partial charge in [0.1, 0.15) is 18.2 Å². The van der Waals surface area contributed by atoms with Gasteiger partial charge >= 0.3 is 5.97 Å². The third kappa shape index (κ3) is 3.36. The van der Waals surface area contributed by atoms with E-state index < -0.39 is 5.97 Å². The Morgan fingerprint density at radius 3 is 2.76 bits per heavy atom. The van der Waals surface area contributed by atoms with Crippen molar-refractivity contribution in [1.29, 1.82) is 0 Å². The number of carbonyl (C=O) groups is 1. The van der Waals surface area contributed by atoms with E-state index in [1.165, 1.54) is 5.56 Å². The normalized spacial score (nSPS) is 11.0. The van der Waals surface area contributed by atoms with Gasteiger partial charge in [0.15, 0.2) is 0 Å². The summed E-state index contributed by atoms with van der Waals surface area (Å²) in [6.45, 7) is 7.36. The molecule has 1 aromatic heterocycles. The summed E-state index contributed by atoms with van der Waals surface area (Å²) in [7, 11) is 0. The largest absolute Gasteiger partial charge is 0.485 e. The summed E-state index contributed by atoms with van der Waals surface area (Å²) >= 11 is 0. The molecule has 0 spiro atoms. The number of carboxylic acid groups (broad SMARTS) is 1. The van der Waals surface area contributed by atoms with Crippen molar-refractivity contribution in [1.82, 2.24) is 9.55 Å². The van der Waals surface area contributed by atoms with Gasteiger partial charge in [0.05, 0.1) is 16.6 Å². The zero-order chi connectivity index (χ0) is 18.0. The zero-order valence-electron chi connectivity index (χ0n) is 14.7. The molecule has 0 aliphatic carbocycles. The summed E-state index contributed by atoms with van der Waals surface area (Å²) in [6, 6.07) is 11.0. The first-order valence-electron chi connectivity index (χ1n) is 8.42. The molecule has 5 heteroatoms. The Hall–Kier alpha value is -2.82. The van der Waals surface area contributed by atoms with Gasteiger partial charge in [-0.3, -0.25) is 0 Å². The fourth-order valence-electron chi connectivity index (χ4n) is 2.92. The number of aryl methyl sites for hydroxylation is 2. The van der Waals surface area contributed by atoms with Crippen LogP contribution < -0.4 is 4.74 Å². The van der Waals surface area contributed by atoms with Crippen molar-refractivity contribution >= 4 is 17.0 Å². The van der Waals surface area contributed by atoms with Crippen LogP contribution in [0, 0.1) is 13.8 Å². The molecule has 0 bridgehead atoms. The number of ether oxygens (including phenoxy) is 1. The molecule has 0 unspecified atom stereocenters. The van der Waals surface area contributed by atoms with Crippen molar-refractivity contribution in [2.45, 2.75) is 40.3 Å². The van der Waals surface area contributed by atoms with Gasteiger partial charge in [-0.05, 0) is 55.7 Å². The molecule has 3 rings (SSSR count). The molecule has 0 atom stereocenters. The number of hydrogen-bond acceptors (Lipinski definition) is 3. The molecule has 130 valence electrons. The first-order valence-corrected chi connectivity index (χ1v) is 8.42. The minimum atomic E-state index is -0.944. The monoisotopic (exact) mass is 338 g/mol. The van der Waals surface area contributed by atoms with Crippen LogP contribution in [0.3, 0.4) is 0 Å². The molecule has 0 fully saturated rings. The molecular formula is C20H22N2O3. The lowest BCUT2D eigenvalue weighted by atomic mass is 10.1. The molecule has 1 N–H and O–H groups in total. The summed E-state index contributed by atoms with van der Waals surface area (Å²) in [5.74, 6) is 0.710. The summed E-state index contributed by atoms with van der Waals surface area (Å²) in [6.07, 6.45) is 0.961. The van der Waals surface area contributed by atoms with Gasteiger partial charge < -0.3 is 14.4 Å². The number of benzene rings is 2. The van der Waals surface area contributed by atoms with E-state index in [0.717, 1.165) is 35.6 Å². The highest BCUT2D eigenvalue weighted by Gasteiger charge is 2.14. The molecule has 2 aromatic carbocycles. The Balaban J connectivity index is 1.95. The Kier molecular flexibility index (Phi) is 4.74. The first kappa shape index (κ1) is 17.0. The van der Waals surface area contributed by atoms with E-state index in [2.05, 4.69) is 29.5 Å². The van der Waals surface area contributed by atoms with Crippen molar-refractivity contribution < 1.29 is 14.6 Å². The number of fused-ring (bicyclic) bond motifs is 1. The molecular weight excluding hydrogens is 316 g/mol. The van der Waals surface area contributed by atoms with Gasteiger partial charge in [0.25, 0.3) is 0 Å². The maximum absolute atomic E-state index is 11.2. The number of imidazole rings is 1. The third-order valence-electron chi connectivity index (χ3n) is 4.43. The Morgan fingerprint density at radius 1 is 1.24 bits per heavy atom. The second-order valence-electron chi connectivity index (χ2n) is 6.18. The van der Waals surface area contributed by atoms with Crippen LogP contribution >= 0.6 is 0 Å². The number of hydrogen-bond donors (Lipinski definition) is 1. The van der Waals surface area contributed by atoms with E-state index in [-0.39, 0.29) is 5.56 Å². The number of aromatic carboxylic acids is 1. The van der Waals surface area contributed by atoms with Crippen LogP contribution in [0.2, 0.25) is 0 Å². The minimum Gasteiger partial charge on any atom is -0.485 e. The van der Waals surface area contributed by atoms with Crippen LogP contribution in [-0.2, 0) is 13.2 Å². The lowest BCUT2D eigenvalue weighted by Crippen LogP contribution is -2.07. The van der Waals surface area contributed by atoms with Gasteiger partial charge in [0, 0.05) is 6.54 Å². The van der Waals surface area contributed by atoms with E-state index >= 15 is 0 Å². The first-order chi connectivity index (χ1) is 12.0. The smallest absolute Gasteiger partial charge is 0.335 e. The molecule has 0 radical (unpaired) electrons. The zero-order valence-corrected chi connectivity index (χ0v) is 14.7. The molecule has 1 heterocycles. The van der Waals surface area contributed by atoms with Crippen LogP contribution in [0.5, 0.6) is 5.75 Å². The predicted molar refractivity (Wildman–Crippen MR) is 97.2 cm³/mol. The number of aromatic nitrogens is 2. The molecule has 5 nitrogen and oxygen atoms in total. The molecule has 0 aliphatic rings. The average molecular weight is 338 g/mol. The highest BCUT2D eigenvalue weighted by atomic mass is 16.5. The lowest BCUT2D eigenvalue weighted by molar-refractivity contribution is 0.0697. The summed E-state index contributed by atoms with van der Waals surface area (Å²) in [5.41, 5.74) is 4.18. The second-order valence-corrected chi connectivity index (χ2v) is 6.18. The number of nitrogens with zero attached hydrogens (tertiary/aromatic N) is 2. The van der Waals surface area contributed by atoms with E-state index in [0.29, 0.717) is 12.1 Å². The Labute approximate surface area is 146 Å². The van der Waals surface area contributed by atoms with Gasteiger partial charge in [-0.2, -0.15) is 0 Å². The maximum atomic E-state index is 11.2. The molecule has 0 saturated carbocycles. The van der Waals surface area contributed by atoms with Crippen LogP contribution in [0.15, 0.2) is 36.4 Å². The summed E-state index contributed by atoms with van der Waals surface area (Å²) in [4.78, 5) is 15.8. The highest BCUT2D eigenvalue weighted by molar-refractivity contribution is 5.92. The standard InChI is InChI=1S/C20H22N2O3/c1-4-10-22-17-9-8-15(20(23)24)11-16(17)21-19(22)12-25-18-7-5-6-13(2)14(18)3/h5-9,11H,4,10,12H2,1-3H3,(H,23,24). The van der Waals surface area contributed by atoms with Crippen molar-refractivity contribution in [2.75, 3.05) is 0 Å². The van der Waals surface area contributed by atoms with Crippen molar-refractivity contribution in [3.8, 4) is 5.75 Å². The predicted octanol–water partition coefficient (Wildman–Crippen LogP) is 4.34. The summed E-state index contributed by atoms with van der Waals surface area (Å²) < 4.78 is 8.10. The molecule has 25 heavy (non-hydrogen) atoms. The Morgan fingerprint density at radius 2 is 2.04 bits per heavy atom. The highest BCUT2D eigenvalue weighted by Crippen LogP contribution is 2.23. The van der Waals surface area contributed by atoms with Crippen molar-refractivity contribution in [2.24, 2.45) is 0 Å². The third-order valence-corrected chi connectivity index (χ3v) is 4.43. The van der Waals surface area contributed by atoms with E-state index in [1.807, 2.05) is 25.1 Å². The van der Waals surface area contributed by atoms with Crippen LogP contribution in [-0.4, -0.2) is 20.6 Å². The Bertz CT molecular complexity index is 928. The van der Waals surface area contributed by atoms with E-state index in [9.17, 15) is 9.90 Å². The molecule has 0 aliphatic heterocycles. The van der Waals surface area contributed by atoms with E-state index in [1.54, 1.807) is 12.1 Å². The lowest BCUT2D eigenvalue weighted by Gasteiger charge is -2.12. The summed E-state index contributed by atoms with van der Waals surface area (Å²) in [5, 5.41) is 9.17. The van der Waals surface area contributed by atoms with Crippen molar-refractivity contribution in [3.63, 3.8) is 0 Å². The topological polar surface area (TPSA) is 64.4 Å². The van der Waals surface area contributed by atoms with Crippen molar-refractivity contribution in [3.05, 3.63) is 58.9 Å². The molecule has 0 saturated heterocycles. The molecule has 3 aromatic rings. The number of carboxylic acids is 1. The van der Waals surface area contributed by atoms with Crippen LogP contribution in [0.4, 0.5) is 0 Å². The van der Waals surface area contributed by atoms with Gasteiger partial charge in [0.2, 0.25) is 0 Å². The fraction of sp³-hybridized carbons (Fsp3) is 0.300. The average Bonchev–Trinajstić information content (AvgIpc) is 2.93. The van der Waals surface area contributed by atoms with Crippen LogP contribution in [0.25, 0.3) is 11.0 Å². The minimum absolute atomic E-state index is 0.246. The van der Waals surface area contributed by atoms with Gasteiger partial charge in [-0.15, -0.1) is 0 Å². The van der Waals surface area contributed by atoms with Gasteiger partial charge in [-0.25, -0.2) is 9.78 Å². The van der Waals surface area contributed by atoms with Crippen LogP contribution in [0.1, 0.15) is 40.7 Å². The maximum Gasteiger partial charge on any atom is 0.335 e. The number of rotatable bonds is 6. The molecule has 0 amide bonds. The fourth-order valence-corrected chi connectivity index (χ4v) is 2.92. The second kappa shape index (κ2) is 6.97. The SMILES string of the molecule is CCCn1c(COc2cccc(C)c2C)nc2cc(C(=O)O)ccc21. The quantitative estimate of drug-likeness (QED) is 0.726. The van der Waals surface area contributed by atoms with Gasteiger partial charge in [-0.1, -0.05) is 19.1 Å². The van der Waals surface area contributed by atoms with E-state index in [4.69, 9.17) is 4.74 Å².